The summed E-state index contributed by atoms with van der Waals surface area (Å²) in [5.74, 6) is -1.47. The molecule has 0 saturated heterocycles. The zero-order chi connectivity index (χ0) is 15.1. The number of benzene rings is 1. The third-order valence-electron chi connectivity index (χ3n) is 2.61. The third kappa shape index (κ3) is 4.97. The summed E-state index contributed by atoms with van der Waals surface area (Å²) >= 11 is 0. The summed E-state index contributed by atoms with van der Waals surface area (Å²) in [5, 5.41) is 11.3. The molecule has 0 atom stereocenters. The van der Waals surface area contributed by atoms with Crippen molar-refractivity contribution in [2.45, 2.75) is 13.0 Å². The standard InChI is InChI=1S/C13H17N3O4/c1-16(13(20)15-7-6-11(14)17)8-9-2-4-10(5-3-9)12(18)19/h2-5H,6-8H2,1H3,(H2,14,17)(H,15,20)(H,18,19). The van der Waals surface area contributed by atoms with Crippen LogP contribution in [0.15, 0.2) is 24.3 Å². The minimum absolute atomic E-state index is 0.0902. The number of carboxylic acids is 1. The highest BCUT2D eigenvalue weighted by atomic mass is 16.4. The molecule has 0 bridgehead atoms. The van der Waals surface area contributed by atoms with Gasteiger partial charge >= 0.3 is 12.0 Å². The number of hydrogen-bond donors (Lipinski definition) is 3. The van der Waals surface area contributed by atoms with E-state index in [0.29, 0.717) is 6.54 Å². The van der Waals surface area contributed by atoms with Gasteiger partial charge < -0.3 is 21.1 Å². The first-order valence-electron chi connectivity index (χ1n) is 5.99. The number of carbonyl (C=O) groups excluding carboxylic acids is 2. The van der Waals surface area contributed by atoms with Crippen LogP contribution < -0.4 is 11.1 Å². The molecule has 0 aliphatic heterocycles. The van der Waals surface area contributed by atoms with Crippen LogP contribution in [0.3, 0.4) is 0 Å². The van der Waals surface area contributed by atoms with E-state index < -0.39 is 11.9 Å². The van der Waals surface area contributed by atoms with Crippen LogP contribution >= 0.6 is 0 Å². The van der Waals surface area contributed by atoms with E-state index in [1.807, 2.05) is 0 Å². The number of hydrogen-bond acceptors (Lipinski definition) is 3. The maximum Gasteiger partial charge on any atom is 0.335 e. The predicted molar refractivity (Wildman–Crippen MR) is 72.1 cm³/mol. The average Bonchev–Trinajstić information content (AvgIpc) is 2.38. The fraction of sp³-hybridized carbons (Fsp3) is 0.308. The number of primary amides is 1. The highest BCUT2D eigenvalue weighted by Crippen LogP contribution is 2.07. The number of aromatic carboxylic acids is 1. The summed E-state index contributed by atoms with van der Waals surface area (Å²) in [6.07, 6.45) is 0.0902. The van der Waals surface area contributed by atoms with Crippen LogP contribution in [0.1, 0.15) is 22.3 Å². The molecule has 1 aromatic rings. The van der Waals surface area contributed by atoms with Gasteiger partial charge in [-0.3, -0.25) is 4.79 Å². The highest BCUT2D eigenvalue weighted by Gasteiger charge is 2.09. The van der Waals surface area contributed by atoms with Gasteiger partial charge in [-0.1, -0.05) is 12.1 Å². The van der Waals surface area contributed by atoms with E-state index in [2.05, 4.69) is 5.32 Å². The van der Waals surface area contributed by atoms with Crippen molar-refractivity contribution in [2.24, 2.45) is 5.73 Å². The molecule has 0 aromatic heterocycles. The molecule has 7 heteroatoms. The Kier molecular flexibility index (Phi) is 5.52. The van der Waals surface area contributed by atoms with Crippen LogP contribution in [-0.2, 0) is 11.3 Å². The molecule has 0 spiro atoms. The van der Waals surface area contributed by atoms with Gasteiger partial charge in [0, 0.05) is 26.6 Å². The molecule has 0 heterocycles. The number of urea groups is 1. The predicted octanol–water partition coefficient (Wildman–Crippen LogP) is 0.402. The Balaban J connectivity index is 2.48. The molecule has 7 nitrogen and oxygen atoms in total. The van der Waals surface area contributed by atoms with E-state index >= 15 is 0 Å². The third-order valence-corrected chi connectivity index (χ3v) is 2.61. The summed E-state index contributed by atoms with van der Waals surface area (Å²) in [6.45, 7) is 0.527. The second-order valence-corrected chi connectivity index (χ2v) is 4.31. The quantitative estimate of drug-likeness (QED) is 0.699. The number of nitrogens with two attached hydrogens (primary N) is 1. The maximum absolute atomic E-state index is 11.7. The molecule has 3 amide bonds. The van der Waals surface area contributed by atoms with Crippen molar-refractivity contribution in [3.05, 3.63) is 35.4 Å². The van der Waals surface area contributed by atoms with E-state index in [-0.39, 0.29) is 24.6 Å². The fourth-order valence-electron chi connectivity index (χ4n) is 1.53. The van der Waals surface area contributed by atoms with Crippen molar-refractivity contribution in [3.8, 4) is 0 Å². The van der Waals surface area contributed by atoms with Gasteiger partial charge in [0.05, 0.1) is 5.56 Å². The van der Waals surface area contributed by atoms with Gasteiger partial charge in [-0.2, -0.15) is 0 Å². The number of rotatable bonds is 6. The van der Waals surface area contributed by atoms with Gasteiger partial charge in [0.15, 0.2) is 0 Å². The van der Waals surface area contributed by atoms with Gasteiger partial charge in [-0.25, -0.2) is 9.59 Å². The van der Waals surface area contributed by atoms with Crippen LogP contribution in [0.5, 0.6) is 0 Å². The summed E-state index contributed by atoms with van der Waals surface area (Å²) in [7, 11) is 1.60. The van der Waals surface area contributed by atoms with Crippen LogP contribution in [0.2, 0.25) is 0 Å². The Hall–Kier alpha value is -2.57. The minimum Gasteiger partial charge on any atom is -0.478 e. The largest absolute Gasteiger partial charge is 0.478 e. The summed E-state index contributed by atoms with van der Waals surface area (Å²) in [6, 6.07) is 5.94. The summed E-state index contributed by atoms with van der Waals surface area (Å²) in [4.78, 5) is 34.3. The van der Waals surface area contributed by atoms with E-state index in [4.69, 9.17) is 10.8 Å². The van der Waals surface area contributed by atoms with Crippen molar-refractivity contribution in [1.29, 1.82) is 0 Å². The molecule has 0 fully saturated rings. The van der Waals surface area contributed by atoms with Crippen molar-refractivity contribution >= 4 is 17.9 Å². The molecule has 4 N–H and O–H groups in total. The molecule has 1 aromatic carbocycles. The van der Waals surface area contributed by atoms with E-state index in [1.54, 1.807) is 19.2 Å². The van der Waals surface area contributed by atoms with Crippen molar-refractivity contribution in [2.75, 3.05) is 13.6 Å². The monoisotopic (exact) mass is 279 g/mol. The number of amides is 3. The Morgan fingerprint density at radius 2 is 1.85 bits per heavy atom. The number of carboxylic acid groups (broad SMARTS) is 1. The summed E-state index contributed by atoms with van der Waals surface area (Å²) in [5.41, 5.74) is 5.97. The SMILES string of the molecule is CN(Cc1ccc(C(=O)O)cc1)C(=O)NCCC(N)=O. The second-order valence-electron chi connectivity index (χ2n) is 4.31. The maximum atomic E-state index is 11.7. The van der Waals surface area contributed by atoms with Crippen molar-refractivity contribution in [1.82, 2.24) is 10.2 Å². The summed E-state index contributed by atoms with van der Waals surface area (Å²) < 4.78 is 0. The molecule has 0 aliphatic rings. The molecule has 108 valence electrons. The van der Waals surface area contributed by atoms with Crippen LogP contribution in [0.25, 0.3) is 0 Å². The zero-order valence-corrected chi connectivity index (χ0v) is 11.1. The number of nitrogens with zero attached hydrogens (tertiary/aromatic N) is 1. The van der Waals surface area contributed by atoms with Gasteiger partial charge in [0.1, 0.15) is 0 Å². The fourth-order valence-corrected chi connectivity index (χ4v) is 1.53. The van der Waals surface area contributed by atoms with Gasteiger partial charge in [0.25, 0.3) is 0 Å². The first-order valence-corrected chi connectivity index (χ1v) is 5.99. The lowest BCUT2D eigenvalue weighted by Gasteiger charge is -2.17. The topological polar surface area (TPSA) is 113 Å². The molecular weight excluding hydrogens is 262 g/mol. The van der Waals surface area contributed by atoms with Crippen molar-refractivity contribution < 1.29 is 19.5 Å². The molecule has 20 heavy (non-hydrogen) atoms. The Bertz CT molecular complexity index is 499. The smallest absolute Gasteiger partial charge is 0.335 e. The lowest BCUT2D eigenvalue weighted by molar-refractivity contribution is -0.117. The van der Waals surface area contributed by atoms with Gasteiger partial charge in [-0.15, -0.1) is 0 Å². The van der Waals surface area contributed by atoms with E-state index in [1.165, 1.54) is 17.0 Å². The van der Waals surface area contributed by atoms with Crippen LogP contribution in [0, 0.1) is 0 Å². The molecule has 0 saturated carbocycles. The highest BCUT2D eigenvalue weighted by molar-refractivity contribution is 5.87. The van der Waals surface area contributed by atoms with E-state index in [9.17, 15) is 14.4 Å². The lowest BCUT2D eigenvalue weighted by Crippen LogP contribution is -2.38. The molecule has 0 unspecified atom stereocenters. The Morgan fingerprint density at radius 3 is 2.35 bits per heavy atom. The van der Waals surface area contributed by atoms with Gasteiger partial charge in [-0.05, 0) is 17.7 Å². The van der Waals surface area contributed by atoms with Crippen LogP contribution in [0.4, 0.5) is 4.79 Å². The average molecular weight is 279 g/mol. The first kappa shape index (κ1) is 15.5. The lowest BCUT2D eigenvalue weighted by atomic mass is 10.1. The van der Waals surface area contributed by atoms with E-state index in [0.717, 1.165) is 5.56 Å². The molecule has 0 aliphatic carbocycles. The Labute approximate surface area is 116 Å². The minimum atomic E-state index is -0.992. The normalized spacial score (nSPS) is 9.85. The molecule has 1 rings (SSSR count). The first-order chi connectivity index (χ1) is 9.40. The Morgan fingerprint density at radius 1 is 1.25 bits per heavy atom. The second kappa shape index (κ2) is 7.13. The number of carbonyl (C=O) groups is 3. The molecular formula is C13H17N3O4. The number of nitrogens with one attached hydrogen (secondary N) is 1. The van der Waals surface area contributed by atoms with Gasteiger partial charge in [0.2, 0.25) is 5.91 Å². The molecule has 0 radical (unpaired) electrons. The zero-order valence-electron chi connectivity index (χ0n) is 11.1. The van der Waals surface area contributed by atoms with Crippen LogP contribution in [-0.4, -0.2) is 41.5 Å². The van der Waals surface area contributed by atoms with Crippen molar-refractivity contribution in [3.63, 3.8) is 0 Å².